The second-order valence-electron chi connectivity index (χ2n) is 4.37. The van der Waals surface area contributed by atoms with Crippen molar-refractivity contribution in [2.45, 2.75) is 6.92 Å². The molecule has 0 aliphatic rings. The first-order chi connectivity index (χ1) is 8.86. The number of hydrogen-bond donors (Lipinski definition) is 2. The quantitative estimate of drug-likeness (QED) is 0.866. The molecule has 6 heteroatoms. The summed E-state index contributed by atoms with van der Waals surface area (Å²) in [4.78, 5) is 24.3. The van der Waals surface area contributed by atoms with E-state index in [4.69, 9.17) is 5.11 Å². The Bertz CT molecular complexity index is 491. The molecule has 1 unspecified atom stereocenters. The Kier molecular flexibility index (Phi) is 5.35. The lowest BCUT2D eigenvalue weighted by atomic mass is 10.1. The van der Waals surface area contributed by atoms with Gasteiger partial charge in [-0.2, -0.15) is 0 Å². The normalized spacial score (nSPS) is 11.8. The lowest BCUT2D eigenvalue weighted by Gasteiger charge is -2.23. The van der Waals surface area contributed by atoms with Crippen molar-refractivity contribution in [3.8, 4) is 0 Å². The second-order valence-corrected chi connectivity index (χ2v) is 5.22. The SMILES string of the molecule is CNC(=O)C(C)CN(C)c1ccc(C(=O)O)c(Br)c1. The molecule has 0 fully saturated rings. The molecule has 0 aliphatic heterocycles. The van der Waals surface area contributed by atoms with Crippen LogP contribution in [0.15, 0.2) is 22.7 Å². The van der Waals surface area contributed by atoms with Crippen molar-refractivity contribution >= 4 is 33.5 Å². The van der Waals surface area contributed by atoms with Gasteiger partial charge in [-0.25, -0.2) is 4.79 Å². The van der Waals surface area contributed by atoms with Crippen molar-refractivity contribution in [3.63, 3.8) is 0 Å². The van der Waals surface area contributed by atoms with Gasteiger partial charge in [-0.15, -0.1) is 0 Å². The minimum absolute atomic E-state index is 0.0203. The Morgan fingerprint density at radius 3 is 2.58 bits per heavy atom. The predicted molar refractivity (Wildman–Crippen MR) is 77.6 cm³/mol. The maximum atomic E-state index is 11.5. The largest absolute Gasteiger partial charge is 0.478 e. The van der Waals surface area contributed by atoms with E-state index in [9.17, 15) is 9.59 Å². The number of carboxylic acids is 1. The summed E-state index contributed by atoms with van der Waals surface area (Å²) < 4.78 is 0.525. The smallest absolute Gasteiger partial charge is 0.336 e. The lowest BCUT2D eigenvalue weighted by molar-refractivity contribution is -0.123. The van der Waals surface area contributed by atoms with Gasteiger partial charge in [0, 0.05) is 30.8 Å². The van der Waals surface area contributed by atoms with E-state index in [0.717, 1.165) is 5.69 Å². The Hall–Kier alpha value is -1.56. The topological polar surface area (TPSA) is 69.6 Å². The van der Waals surface area contributed by atoms with Gasteiger partial charge >= 0.3 is 5.97 Å². The number of benzene rings is 1. The molecule has 1 rings (SSSR count). The fraction of sp³-hybridized carbons (Fsp3) is 0.385. The molecule has 5 nitrogen and oxygen atoms in total. The summed E-state index contributed by atoms with van der Waals surface area (Å²) >= 11 is 3.24. The highest BCUT2D eigenvalue weighted by Gasteiger charge is 2.15. The first-order valence-electron chi connectivity index (χ1n) is 5.82. The maximum absolute atomic E-state index is 11.5. The van der Waals surface area contributed by atoms with Crippen LogP contribution in [-0.4, -0.2) is 37.6 Å². The van der Waals surface area contributed by atoms with Gasteiger partial charge in [0.05, 0.1) is 11.5 Å². The molecule has 19 heavy (non-hydrogen) atoms. The number of nitrogens with one attached hydrogen (secondary N) is 1. The van der Waals surface area contributed by atoms with Gasteiger partial charge in [0.2, 0.25) is 5.91 Å². The number of hydrogen-bond acceptors (Lipinski definition) is 3. The summed E-state index contributed by atoms with van der Waals surface area (Å²) in [6, 6.07) is 5.01. The molecular formula is C13H17BrN2O3. The summed E-state index contributed by atoms with van der Waals surface area (Å²) in [5, 5.41) is 11.6. The van der Waals surface area contributed by atoms with Gasteiger partial charge < -0.3 is 15.3 Å². The Labute approximate surface area is 120 Å². The number of aromatic carboxylic acids is 1. The molecule has 1 aromatic carbocycles. The van der Waals surface area contributed by atoms with Gasteiger partial charge in [0.25, 0.3) is 0 Å². The molecule has 1 atom stereocenters. The zero-order chi connectivity index (χ0) is 14.6. The average molecular weight is 329 g/mol. The molecule has 1 aromatic rings. The highest BCUT2D eigenvalue weighted by molar-refractivity contribution is 9.10. The number of halogens is 1. The predicted octanol–water partition coefficient (Wildman–Crippen LogP) is 1.97. The fourth-order valence-corrected chi connectivity index (χ4v) is 2.30. The van der Waals surface area contributed by atoms with Crippen LogP contribution in [0.4, 0.5) is 5.69 Å². The Balaban J connectivity index is 2.83. The van der Waals surface area contributed by atoms with Crippen LogP contribution in [0.25, 0.3) is 0 Å². The molecule has 104 valence electrons. The number of anilines is 1. The number of amides is 1. The molecule has 0 saturated heterocycles. The van der Waals surface area contributed by atoms with Crippen LogP contribution in [-0.2, 0) is 4.79 Å². The van der Waals surface area contributed by atoms with E-state index in [1.54, 1.807) is 25.2 Å². The van der Waals surface area contributed by atoms with Crippen molar-refractivity contribution in [2.75, 3.05) is 25.5 Å². The van der Waals surface area contributed by atoms with E-state index in [-0.39, 0.29) is 17.4 Å². The molecule has 0 radical (unpaired) electrons. The number of rotatable bonds is 5. The summed E-state index contributed by atoms with van der Waals surface area (Å²) in [6.07, 6.45) is 0. The number of carboxylic acid groups (broad SMARTS) is 1. The Morgan fingerprint density at radius 2 is 2.11 bits per heavy atom. The summed E-state index contributed by atoms with van der Waals surface area (Å²) in [7, 11) is 3.47. The highest BCUT2D eigenvalue weighted by Crippen LogP contribution is 2.24. The second kappa shape index (κ2) is 6.56. The van der Waals surface area contributed by atoms with Crippen LogP contribution in [0.2, 0.25) is 0 Å². The molecule has 0 bridgehead atoms. The fourth-order valence-electron chi connectivity index (χ4n) is 1.76. The van der Waals surface area contributed by atoms with Crippen LogP contribution < -0.4 is 10.2 Å². The number of nitrogens with zero attached hydrogens (tertiary/aromatic N) is 1. The van der Waals surface area contributed by atoms with Crippen LogP contribution >= 0.6 is 15.9 Å². The van der Waals surface area contributed by atoms with Crippen LogP contribution in [0.3, 0.4) is 0 Å². The molecule has 0 aliphatic carbocycles. The molecule has 0 aromatic heterocycles. The van der Waals surface area contributed by atoms with Crippen molar-refractivity contribution in [2.24, 2.45) is 5.92 Å². The maximum Gasteiger partial charge on any atom is 0.336 e. The minimum Gasteiger partial charge on any atom is -0.478 e. The number of carbonyl (C=O) groups excluding carboxylic acids is 1. The third-order valence-corrected chi connectivity index (χ3v) is 3.52. The summed E-state index contributed by atoms with van der Waals surface area (Å²) in [6.45, 7) is 2.40. The first kappa shape index (κ1) is 15.5. The van der Waals surface area contributed by atoms with Crippen LogP contribution in [0, 0.1) is 5.92 Å². The van der Waals surface area contributed by atoms with Crippen molar-refractivity contribution in [1.29, 1.82) is 0 Å². The van der Waals surface area contributed by atoms with Gasteiger partial charge in [-0.3, -0.25) is 4.79 Å². The zero-order valence-electron chi connectivity index (χ0n) is 11.1. The molecule has 1 amide bonds. The standard InChI is InChI=1S/C13H17BrN2O3/c1-8(12(17)15-2)7-16(3)9-4-5-10(13(18)19)11(14)6-9/h4-6,8H,7H2,1-3H3,(H,15,17)(H,18,19). The monoisotopic (exact) mass is 328 g/mol. The molecule has 0 saturated carbocycles. The molecule has 0 spiro atoms. The van der Waals surface area contributed by atoms with Crippen molar-refractivity contribution in [3.05, 3.63) is 28.2 Å². The summed E-state index contributed by atoms with van der Waals surface area (Å²) in [5.41, 5.74) is 1.07. The zero-order valence-corrected chi connectivity index (χ0v) is 12.7. The van der Waals surface area contributed by atoms with Crippen molar-refractivity contribution < 1.29 is 14.7 Å². The third kappa shape index (κ3) is 3.96. The van der Waals surface area contributed by atoms with E-state index in [1.165, 1.54) is 0 Å². The van der Waals surface area contributed by atoms with Gasteiger partial charge in [-0.05, 0) is 34.1 Å². The average Bonchev–Trinajstić information content (AvgIpc) is 2.36. The third-order valence-electron chi connectivity index (χ3n) is 2.87. The van der Waals surface area contributed by atoms with Gasteiger partial charge in [-0.1, -0.05) is 6.92 Å². The lowest BCUT2D eigenvalue weighted by Crippen LogP contribution is -2.34. The van der Waals surface area contributed by atoms with E-state index in [1.807, 2.05) is 18.9 Å². The minimum atomic E-state index is -0.972. The number of carbonyl (C=O) groups is 2. The van der Waals surface area contributed by atoms with E-state index in [2.05, 4.69) is 21.2 Å². The molecule has 0 heterocycles. The van der Waals surface area contributed by atoms with Crippen LogP contribution in [0.1, 0.15) is 17.3 Å². The van der Waals surface area contributed by atoms with E-state index < -0.39 is 5.97 Å². The van der Waals surface area contributed by atoms with Crippen LogP contribution in [0.5, 0.6) is 0 Å². The molecular weight excluding hydrogens is 312 g/mol. The van der Waals surface area contributed by atoms with Crippen molar-refractivity contribution in [1.82, 2.24) is 5.32 Å². The Morgan fingerprint density at radius 1 is 1.47 bits per heavy atom. The van der Waals surface area contributed by atoms with E-state index in [0.29, 0.717) is 11.0 Å². The van der Waals surface area contributed by atoms with E-state index >= 15 is 0 Å². The first-order valence-corrected chi connectivity index (χ1v) is 6.61. The summed E-state index contributed by atoms with van der Waals surface area (Å²) in [5.74, 6) is -1.14. The van der Waals surface area contributed by atoms with Gasteiger partial charge in [0.1, 0.15) is 0 Å². The van der Waals surface area contributed by atoms with Gasteiger partial charge in [0.15, 0.2) is 0 Å². The molecule has 2 N–H and O–H groups in total. The highest BCUT2D eigenvalue weighted by atomic mass is 79.9.